The normalized spacial score (nSPS) is 27.4. The molecule has 0 aliphatic carbocycles. The van der Waals surface area contributed by atoms with E-state index in [1.54, 1.807) is 6.20 Å². The summed E-state index contributed by atoms with van der Waals surface area (Å²) in [6, 6.07) is 3.80. The van der Waals surface area contributed by atoms with Crippen molar-refractivity contribution in [3.8, 4) is 0 Å². The van der Waals surface area contributed by atoms with Crippen molar-refractivity contribution in [3.05, 3.63) is 18.3 Å². The summed E-state index contributed by atoms with van der Waals surface area (Å²) in [6.07, 6.45) is 5.99. The molecule has 0 saturated carbocycles. The fraction of sp³-hybridized carbons (Fsp3) is 0.733. The molecule has 1 N–H and O–H groups in total. The lowest BCUT2D eigenvalue weighted by Crippen LogP contribution is -2.48. The summed E-state index contributed by atoms with van der Waals surface area (Å²) >= 11 is 0. The van der Waals surface area contributed by atoms with Gasteiger partial charge in [0, 0.05) is 39.0 Å². The lowest BCUT2D eigenvalue weighted by atomic mass is 10.1. The van der Waals surface area contributed by atoms with Crippen LogP contribution in [0, 0.1) is 0 Å². The largest absolute Gasteiger partial charge is 0.377 e. The lowest BCUT2D eigenvalue weighted by Gasteiger charge is -2.36. The van der Waals surface area contributed by atoms with Gasteiger partial charge in [0.2, 0.25) is 0 Å². The monoisotopic (exact) mass is 292 g/mol. The van der Waals surface area contributed by atoms with Gasteiger partial charge in [-0.3, -0.25) is 4.90 Å². The summed E-state index contributed by atoms with van der Waals surface area (Å²) in [5.74, 6) is 0.800. The van der Waals surface area contributed by atoms with E-state index in [0.717, 1.165) is 45.2 Å². The zero-order valence-electron chi connectivity index (χ0n) is 12.4. The molecular formula is C15H24N4O2. The Morgan fingerprint density at radius 2 is 2.19 bits per heavy atom. The molecule has 116 valence electrons. The Labute approximate surface area is 125 Å². The molecular weight excluding hydrogens is 268 g/mol. The average molecular weight is 292 g/mol. The Kier molecular flexibility index (Phi) is 5.37. The van der Waals surface area contributed by atoms with Crippen molar-refractivity contribution in [2.75, 3.05) is 44.7 Å². The number of anilines is 1. The third-order valence-corrected chi connectivity index (χ3v) is 4.04. The Bertz CT molecular complexity index is 411. The summed E-state index contributed by atoms with van der Waals surface area (Å²) in [7, 11) is 0. The maximum absolute atomic E-state index is 5.83. The second-order valence-electron chi connectivity index (χ2n) is 5.73. The average Bonchev–Trinajstić information content (AvgIpc) is 2.55. The van der Waals surface area contributed by atoms with Crippen LogP contribution in [0.15, 0.2) is 18.3 Å². The van der Waals surface area contributed by atoms with Crippen molar-refractivity contribution in [3.63, 3.8) is 0 Å². The van der Waals surface area contributed by atoms with E-state index in [4.69, 9.17) is 9.47 Å². The number of nitrogens with zero attached hydrogens (tertiary/aromatic N) is 3. The lowest BCUT2D eigenvalue weighted by molar-refractivity contribution is -0.0555. The Morgan fingerprint density at radius 3 is 3.00 bits per heavy atom. The van der Waals surface area contributed by atoms with Crippen LogP contribution in [0.3, 0.4) is 0 Å². The number of rotatable bonds is 5. The number of morpholine rings is 1. The first-order chi connectivity index (χ1) is 10.4. The van der Waals surface area contributed by atoms with Crippen LogP contribution in [0.2, 0.25) is 0 Å². The van der Waals surface area contributed by atoms with Crippen LogP contribution in [0.1, 0.15) is 19.3 Å². The van der Waals surface area contributed by atoms with Crippen molar-refractivity contribution in [1.29, 1.82) is 0 Å². The molecule has 0 amide bonds. The topological polar surface area (TPSA) is 59.5 Å². The second kappa shape index (κ2) is 7.68. The van der Waals surface area contributed by atoms with E-state index < -0.39 is 0 Å². The molecule has 2 saturated heterocycles. The molecule has 0 aromatic carbocycles. The van der Waals surface area contributed by atoms with Gasteiger partial charge in [0.15, 0.2) is 0 Å². The van der Waals surface area contributed by atoms with Gasteiger partial charge in [0.05, 0.1) is 18.8 Å². The smallest absolute Gasteiger partial charge is 0.148 e. The van der Waals surface area contributed by atoms with E-state index in [0.29, 0.717) is 6.10 Å². The van der Waals surface area contributed by atoms with Crippen LogP contribution < -0.4 is 5.32 Å². The molecule has 0 radical (unpaired) electrons. The minimum Gasteiger partial charge on any atom is -0.377 e. The molecule has 21 heavy (non-hydrogen) atoms. The molecule has 2 aliphatic heterocycles. The second-order valence-corrected chi connectivity index (χ2v) is 5.73. The number of hydrogen-bond donors (Lipinski definition) is 1. The molecule has 2 aliphatic rings. The Morgan fingerprint density at radius 1 is 1.24 bits per heavy atom. The van der Waals surface area contributed by atoms with Gasteiger partial charge in [-0.05, 0) is 31.4 Å². The van der Waals surface area contributed by atoms with E-state index in [-0.39, 0.29) is 6.10 Å². The molecule has 2 fully saturated rings. The highest BCUT2D eigenvalue weighted by Gasteiger charge is 2.24. The van der Waals surface area contributed by atoms with Crippen LogP contribution in [0.4, 0.5) is 5.82 Å². The number of aromatic nitrogens is 2. The van der Waals surface area contributed by atoms with E-state index in [9.17, 15) is 0 Å². The zero-order chi connectivity index (χ0) is 14.3. The molecule has 0 bridgehead atoms. The molecule has 0 unspecified atom stereocenters. The van der Waals surface area contributed by atoms with Crippen LogP contribution in [0.25, 0.3) is 0 Å². The number of hydrogen-bond acceptors (Lipinski definition) is 6. The highest BCUT2D eigenvalue weighted by atomic mass is 16.5. The molecule has 1 aromatic rings. The minimum absolute atomic E-state index is 0.198. The van der Waals surface area contributed by atoms with Gasteiger partial charge in [-0.2, -0.15) is 5.10 Å². The van der Waals surface area contributed by atoms with Crippen LogP contribution in [-0.4, -0.2) is 66.7 Å². The van der Waals surface area contributed by atoms with Crippen LogP contribution in [-0.2, 0) is 9.47 Å². The van der Waals surface area contributed by atoms with E-state index >= 15 is 0 Å². The van der Waals surface area contributed by atoms with Crippen LogP contribution in [0.5, 0.6) is 0 Å². The van der Waals surface area contributed by atoms with Crippen molar-refractivity contribution in [2.24, 2.45) is 0 Å². The highest BCUT2D eigenvalue weighted by molar-refractivity contribution is 5.31. The molecule has 6 nitrogen and oxygen atoms in total. The van der Waals surface area contributed by atoms with Gasteiger partial charge in [-0.25, -0.2) is 0 Å². The van der Waals surface area contributed by atoms with Gasteiger partial charge < -0.3 is 14.8 Å². The summed E-state index contributed by atoms with van der Waals surface area (Å²) in [5, 5.41) is 11.2. The number of ether oxygens (including phenoxy) is 2. The van der Waals surface area contributed by atoms with E-state index in [1.807, 2.05) is 12.1 Å². The predicted molar refractivity (Wildman–Crippen MR) is 80.3 cm³/mol. The van der Waals surface area contributed by atoms with E-state index in [1.165, 1.54) is 19.3 Å². The van der Waals surface area contributed by atoms with Crippen LogP contribution >= 0.6 is 0 Å². The quantitative estimate of drug-likeness (QED) is 0.879. The standard InChI is InChI=1S/C15H24N4O2/c1-2-8-20-13(4-1)11-19-7-9-21-14(12-19)10-16-15-5-3-6-17-18-15/h3,5-6,13-14H,1-2,4,7-12H2,(H,16,18)/t13-,14-/m1/s1. The molecule has 2 atom stereocenters. The maximum Gasteiger partial charge on any atom is 0.148 e. The highest BCUT2D eigenvalue weighted by Crippen LogP contribution is 2.15. The molecule has 3 heterocycles. The summed E-state index contributed by atoms with van der Waals surface area (Å²) in [6.45, 7) is 5.46. The molecule has 6 heteroatoms. The van der Waals surface area contributed by atoms with E-state index in [2.05, 4.69) is 20.4 Å². The zero-order valence-corrected chi connectivity index (χ0v) is 12.4. The number of nitrogens with one attached hydrogen (secondary N) is 1. The van der Waals surface area contributed by atoms with Crippen molar-refractivity contribution in [1.82, 2.24) is 15.1 Å². The summed E-state index contributed by atoms with van der Waals surface area (Å²) in [5.41, 5.74) is 0. The first kappa shape index (κ1) is 14.7. The molecule has 3 rings (SSSR count). The van der Waals surface area contributed by atoms with Gasteiger partial charge >= 0.3 is 0 Å². The summed E-state index contributed by atoms with van der Waals surface area (Å²) in [4.78, 5) is 2.46. The Balaban J connectivity index is 1.42. The van der Waals surface area contributed by atoms with Gasteiger partial charge in [0.25, 0.3) is 0 Å². The predicted octanol–water partition coefficient (Wildman–Crippen LogP) is 1.16. The van der Waals surface area contributed by atoms with Gasteiger partial charge in [-0.15, -0.1) is 5.10 Å². The van der Waals surface area contributed by atoms with Gasteiger partial charge in [0.1, 0.15) is 5.82 Å². The molecule has 1 aromatic heterocycles. The fourth-order valence-electron chi connectivity index (χ4n) is 2.92. The first-order valence-electron chi connectivity index (χ1n) is 7.87. The van der Waals surface area contributed by atoms with Crippen molar-refractivity contribution < 1.29 is 9.47 Å². The molecule has 0 spiro atoms. The Hall–Kier alpha value is -1.24. The SMILES string of the molecule is c1cnnc(NC[C@@H]2CN(C[C@H]3CCCCO3)CCO2)c1. The van der Waals surface area contributed by atoms with Gasteiger partial charge in [-0.1, -0.05) is 0 Å². The maximum atomic E-state index is 5.83. The third-order valence-electron chi connectivity index (χ3n) is 4.04. The van der Waals surface area contributed by atoms with Crippen molar-refractivity contribution in [2.45, 2.75) is 31.5 Å². The fourth-order valence-corrected chi connectivity index (χ4v) is 2.92. The first-order valence-corrected chi connectivity index (χ1v) is 7.87. The third kappa shape index (κ3) is 4.62. The summed E-state index contributed by atoms with van der Waals surface area (Å²) < 4.78 is 11.7. The van der Waals surface area contributed by atoms with Crippen molar-refractivity contribution >= 4 is 5.82 Å². The minimum atomic E-state index is 0.198.